The highest BCUT2D eigenvalue weighted by atomic mass is 32.1. The van der Waals surface area contributed by atoms with Gasteiger partial charge in [0, 0.05) is 24.4 Å². The first kappa shape index (κ1) is 13.5. The number of likely N-dealkylation sites (tertiary alicyclic amines) is 1. The van der Waals surface area contributed by atoms with E-state index in [4.69, 9.17) is 10.7 Å². The number of nitrogens with zero attached hydrogens (tertiary/aromatic N) is 2. The molecule has 0 saturated carbocycles. The molecular formula is C13H21N3OS. The van der Waals surface area contributed by atoms with E-state index >= 15 is 0 Å². The molecule has 1 aromatic heterocycles. The highest BCUT2D eigenvalue weighted by Gasteiger charge is 2.26. The number of rotatable bonds is 3. The molecule has 1 fully saturated rings. The van der Waals surface area contributed by atoms with Crippen molar-refractivity contribution in [3.8, 4) is 0 Å². The molecule has 100 valence electrons. The summed E-state index contributed by atoms with van der Waals surface area (Å²) in [5, 5.41) is 3.32. The van der Waals surface area contributed by atoms with Crippen LogP contribution in [-0.2, 0) is 4.79 Å². The highest BCUT2D eigenvalue weighted by Crippen LogP contribution is 2.30. The van der Waals surface area contributed by atoms with Gasteiger partial charge >= 0.3 is 0 Å². The lowest BCUT2D eigenvalue weighted by atomic mass is 9.98. The van der Waals surface area contributed by atoms with E-state index in [9.17, 15) is 4.79 Å². The molecule has 1 amide bonds. The molecule has 1 saturated heterocycles. The fraction of sp³-hybridized carbons (Fsp3) is 0.692. The van der Waals surface area contributed by atoms with Crippen LogP contribution in [0.15, 0.2) is 5.38 Å². The van der Waals surface area contributed by atoms with Crippen molar-refractivity contribution in [2.45, 2.75) is 38.5 Å². The van der Waals surface area contributed by atoms with E-state index in [-0.39, 0.29) is 12.5 Å². The van der Waals surface area contributed by atoms with Crippen molar-refractivity contribution in [1.29, 1.82) is 0 Å². The molecule has 0 bridgehead atoms. The summed E-state index contributed by atoms with van der Waals surface area (Å²) >= 11 is 1.73. The van der Waals surface area contributed by atoms with Gasteiger partial charge in [0.2, 0.25) is 5.91 Å². The van der Waals surface area contributed by atoms with Crippen molar-refractivity contribution >= 4 is 17.2 Å². The zero-order valence-electron chi connectivity index (χ0n) is 11.1. The zero-order valence-corrected chi connectivity index (χ0v) is 11.9. The molecule has 1 aliphatic heterocycles. The second-order valence-corrected chi connectivity index (χ2v) is 6.04. The number of carbonyl (C=O) groups excluding carboxylic acids is 1. The van der Waals surface area contributed by atoms with Crippen LogP contribution in [0.4, 0.5) is 0 Å². The molecule has 1 aliphatic rings. The van der Waals surface area contributed by atoms with Crippen molar-refractivity contribution in [1.82, 2.24) is 9.88 Å². The Morgan fingerprint density at radius 1 is 1.67 bits per heavy atom. The molecule has 2 heterocycles. The first-order chi connectivity index (χ1) is 8.61. The molecule has 0 radical (unpaired) electrons. The van der Waals surface area contributed by atoms with E-state index in [1.165, 1.54) is 5.01 Å². The van der Waals surface area contributed by atoms with Crippen molar-refractivity contribution in [3.05, 3.63) is 16.1 Å². The Kier molecular flexibility index (Phi) is 4.35. The number of thiazole rings is 1. The van der Waals surface area contributed by atoms with Crippen molar-refractivity contribution in [3.63, 3.8) is 0 Å². The quantitative estimate of drug-likeness (QED) is 0.910. The monoisotopic (exact) mass is 267 g/mol. The lowest BCUT2D eigenvalue weighted by Gasteiger charge is -2.31. The van der Waals surface area contributed by atoms with E-state index in [2.05, 4.69) is 19.2 Å². The lowest BCUT2D eigenvalue weighted by Crippen LogP contribution is -2.42. The third-order valence-electron chi connectivity index (χ3n) is 3.43. The van der Waals surface area contributed by atoms with E-state index < -0.39 is 0 Å². The van der Waals surface area contributed by atoms with Gasteiger partial charge in [-0.3, -0.25) is 4.79 Å². The molecule has 18 heavy (non-hydrogen) atoms. The van der Waals surface area contributed by atoms with Gasteiger partial charge in [0.1, 0.15) is 0 Å². The maximum absolute atomic E-state index is 11.6. The lowest BCUT2D eigenvalue weighted by molar-refractivity contribution is -0.130. The molecule has 2 rings (SSSR count). The van der Waals surface area contributed by atoms with Crippen LogP contribution in [0.25, 0.3) is 0 Å². The maximum atomic E-state index is 11.6. The Morgan fingerprint density at radius 3 is 3.06 bits per heavy atom. The van der Waals surface area contributed by atoms with Gasteiger partial charge in [0.25, 0.3) is 0 Å². The van der Waals surface area contributed by atoms with E-state index in [1.807, 2.05) is 4.90 Å². The second-order valence-electron chi connectivity index (χ2n) is 5.15. The van der Waals surface area contributed by atoms with Crippen molar-refractivity contribution < 1.29 is 4.79 Å². The Morgan fingerprint density at radius 2 is 2.44 bits per heavy atom. The summed E-state index contributed by atoms with van der Waals surface area (Å²) in [6.07, 6.45) is 2.17. The van der Waals surface area contributed by atoms with Gasteiger partial charge in [-0.2, -0.15) is 0 Å². The molecule has 4 nitrogen and oxygen atoms in total. The smallest absolute Gasteiger partial charge is 0.236 e. The SMILES string of the molecule is CC(C)c1csc(C2CCCN(C(=O)CN)C2)n1. The average Bonchev–Trinajstić information content (AvgIpc) is 2.88. The minimum atomic E-state index is 0.0559. The van der Waals surface area contributed by atoms with E-state index in [0.29, 0.717) is 11.8 Å². The summed E-state index contributed by atoms with van der Waals surface area (Å²) in [5.74, 6) is 0.924. The maximum Gasteiger partial charge on any atom is 0.236 e. The van der Waals surface area contributed by atoms with E-state index in [1.54, 1.807) is 11.3 Å². The van der Waals surface area contributed by atoms with E-state index in [0.717, 1.165) is 31.6 Å². The number of amides is 1. The first-order valence-corrected chi connectivity index (χ1v) is 7.43. The minimum Gasteiger partial charge on any atom is -0.341 e. The van der Waals surface area contributed by atoms with Gasteiger partial charge in [0.15, 0.2) is 0 Å². The topological polar surface area (TPSA) is 59.2 Å². The number of nitrogens with two attached hydrogens (primary N) is 1. The fourth-order valence-electron chi connectivity index (χ4n) is 2.29. The Labute approximate surface area is 112 Å². The normalized spacial score (nSPS) is 20.4. The third kappa shape index (κ3) is 2.90. The molecule has 0 aromatic carbocycles. The molecular weight excluding hydrogens is 246 g/mol. The summed E-state index contributed by atoms with van der Waals surface area (Å²) in [6, 6.07) is 0. The number of hydrogen-bond acceptors (Lipinski definition) is 4. The van der Waals surface area contributed by atoms with Crippen LogP contribution in [0.5, 0.6) is 0 Å². The van der Waals surface area contributed by atoms with Crippen LogP contribution in [0.1, 0.15) is 49.2 Å². The zero-order chi connectivity index (χ0) is 13.1. The summed E-state index contributed by atoms with van der Waals surface area (Å²) in [5.41, 5.74) is 6.59. The van der Waals surface area contributed by atoms with Crippen LogP contribution in [0.2, 0.25) is 0 Å². The summed E-state index contributed by atoms with van der Waals surface area (Å²) in [6.45, 7) is 6.05. The van der Waals surface area contributed by atoms with Gasteiger partial charge in [-0.15, -0.1) is 11.3 Å². The largest absolute Gasteiger partial charge is 0.341 e. The van der Waals surface area contributed by atoms with Crippen molar-refractivity contribution in [2.75, 3.05) is 19.6 Å². The van der Waals surface area contributed by atoms with Gasteiger partial charge in [-0.05, 0) is 18.8 Å². The third-order valence-corrected chi connectivity index (χ3v) is 4.45. The average molecular weight is 267 g/mol. The Hall–Kier alpha value is -0.940. The highest BCUT2D eigenvalue weighted by molar-refractivity contribution is 7.09. The predicted molar refractivity (Wildman–Crippen MR) is 73.8 cm³/mol. The van der Waals surface area contributed by atoms with Crippen LogP contribution < -0.4 is 5.73 Å². The van der Waals surface area contributed by atoms with Gasteiger partial charge in [0.05, 0.1) is 17.2 Å². The van der Waals surface area contributed by atoms with Crippen LogP contribution in [0, 0.1) is 0 Å². The number of hydrogen-bond donors (Lipinski definition) is 1. The summed E-state index contributed by atoms with van der Waals surface area (Å²) < 4.78 is 0. The molecule has 1 unspecified atom stereocenters. The van der Waals surface area contributed by atoms with Crippen LogP contribution >= 0.6 is 11.3 Å². The molecule has 1 aromatic rings. The molecule has 0 aliphatic carbocycles. The Bertz CT molecular complexity index is 416. The summed E-state index contributed by atoms with van der Waals surface area (Å²) in [7, 11) is 0. The first-order valence-electron chi connectivity index (χ1n) is 6.55. The molecule has 2 N–H and O–H groups in total. The standard InChI is InChI=1S/C13H21N3OS/c1-9(2)11-8-18-13(15-11)10-4-3-5-16(7-10)12(17)6-14/h8-10H,3-7,14H2,1-2H3. The van der Waals surface area contributed by atoms with Crippen LogP contribution in [-0.4, -0.2) is 35.4 Å². The second kappa shape index (κ2) is 5.80. The van der Waals surface area contributed by atoms with Crippen molar-refractivity contribution in [2.24, 2.45) is 5.73 Å². The van der Waals surface area contributed by atoms with Gasteiger partial charge < -0.3 is 10.6 Å². The number of aromatic nitrogens is 1. The number of carbonyl (C=O) groups is 1. The minimum absolute atomic E-state index is 0.0559. The molecule has 5 heteroatoms. The Balaban J connectivity index is 2.05. The number of piperidine rings is 1. The summed E-state index contributed by atoms with van der Waals surface area (Å²) in [4.78, 5) is 18.2. The fourth-order valence-corrected chi connectivity index (χ4v) is 3.40. The molecule has 1 atom stereocenters. The molecule has 0 spiro atoms. The predicted octanol–water partition coefficient (Wildman–Crippen LogP) is 1.93. The van der Waals surface area contributed by atoms with Crippen LogP contribution in [0.3, 0.4) is 0 Å². The van der Waals surface area contributed by atoms with Gasteiger partial charge in [-0.1, -0.05) is 13.8 Å². The van der Waals surface area contributed by atoms with Gasteiger partial charge in [-0.25, -0.2) is 4.98 Å².